The van der Waals surface area contributed by atoms with Gasteiger partial charge in [0, 0.05) is 35.3 Å². The van der Waals surface area contributed by atoms with Gasteiger partial charge >= 0.3 is 6.03 Å². The number of sulfonamides is 1. The Kier molecular flexibility index (Phi) is 9.28. The number of hydrogen-bond donors (Lipinski definition) is 2. The summed E-state index contributed by atoms with van der Waals surface area (Å²) < 4.78 is 42.0. The molecule has 2 aliphatic heterocycles. The van der Waals surface area contributed by atoms with Gasteiger partial charge in [0.1, 0.15) is 22.2 Å². The van der Waals surface area contributed by atoms with Gasteiger partial charge in [-0.2, -0.15) is 9.40 Å². The summed E-state index contributed by atoms with van der Waals surface area (Å²) in [7, 11) is -0.749. The van der Waals surface area contributed by atoms with Crippen molar-refractivity contribution >= 4 is 27.6 Å². The third-order valence-electron chi connectivity index (χ3n) is 9.42. The molecule has 0 saturated carbocycles. The topological polar surface area (TPSA) is 115 Å². The quantitative estimate of drug-likeness (QED) is 0.193. The molecule has 6 rings (SSSR count). The molecule has 3 heterocycles. The summed E-state index contributed by atoms with van der Waals surface area (Å²) in [4.78, 5) is 13.3. The Morgan fingerprint density at radius 3 is 2.17 bits per heavy atom. The standard InChI is InChI=1S/C37H45N5O5S/c1-24-7-13-28(14-8-24)41-35(23-34(40-41)37(2,3)4)39-36(43)38-27-11-9-25(10-12-27)19-26-20-29-15-16-30(21-26)42(29)48(44,45)33-22-31(46-5)17-18-32(33)47-6/h7-14,17-18,22-23,26,29-30H,15-16,19-21H2,1-6H3,(H2,38,39,43). The number of fused-ring (bicyclic) bond motifs is 2. The molecule has 0 radical (unpaired) electrons. The summed E-state index contributed by atoms with van der Waals surface area (Å²) in [5.74, 6) is 1.76. The highest BCUT2D eigenvalue weighted by Crippen LogP contribution is 2.44. The van der Waals surface area contributed by atoms with E-state index in [1.54, 1.807) is 27.2 Å². The van der Waals surface area contributed by atoms with Crippen molar-refractivity contribution in [3.8, 4) is 17.2 Å². The van der Waals surface area contributed by atoms with Crippen molar-refractivity contribution in [3.63, 3.8) is 0 Å². The fraction of sp³-hybridized carbons (Fsp3) is 0.405. The Bertz CT molecular complexity index is 1870. The van der Waals surface area contributed by atoms with Crippen molar-refractivity contribution in [2.45, 2.75) is 82.2 Å². The van der Waals surface area contributed by atoms with Gasteiger partial charge < -0.3 is 14.8 Å². The van der Waals surface area contributed by atoms with Gasteiger partial charge in [-0.05, 0) is 86.9 Å². The Morgan fingerprint density at radius 2 is 1.56 bits per heavy atom. The van der Waals surface area contributed by atoms with Crippen LogP contribution in [0.25, 0.3) is 5.69 Å². The summed E-state index contributed by atoms with van der Waals surface area (Å²) in [5.41, 5.74) is 4.54. The monoisotopic (exact) mass is 671 g/mol. The number of ether oxygens (including phenoxy) is 2. The zero-order valence-electron chi connectivity index (χ0n) is 28.5. The van der Waals surface area contributed by atoms with Gasteiger partial charge in [0.05, 0.1) is 25.6 Å². The van der Waals surface area contributed by atoms with Gasteiger partial charge in [-0.3, -0.25) is 5.32 Å². The predicted octanol–water partition coefficient (Wildman–Crippen LogP) is 7.31. The van der Waals surface area contributed by atoms with Crippen molar-refractivity contribution in [2.75, 3.05) is 24.9 Å². The Balaban J connectivity index is 1.09. The van der Waals surface area contributed by atoms with Gasteiger partial charge in [0.2, 0.25) is 10.0 Å². The van der Waals surface area contributed by atoms with E-state index in [-0.39, 0.29) is 28.4 Å². The van der Waals surface area contributed by atoms with Crippen molar-refractivity contribution in [3.05, 3.63) is 89.6 Å². The van der Waals surface area contributed by atoms with Crippen LogP contribution < -0.4 is 20.1 Å². The fourth-order valence-corrected chi connectivity index (χ4v) is 9.03. The van der Waals surface area contributed by atoms with Gasteiger partial charge in [0.25, 0.3) is 0 Å². The maximum Gasteiger partial charge on any atom is 0.324 e. The summed E-state index contributed by atoms with van der Waals surface area (Å²) in [6.45, 7) is 8.31. The fourth-order valence-electron chi connectivity index (χ4n) is 6.96. The highest BCUT2D eigenvalue weighted by molar-refractivity contribution is 7.89. The van der Waals surface area contributed by atoms with Crippen LogP contribution in [-0.4, -0.2) is 54.8 Å². The molecule has 2 N–H and O–H groups in total. The Hall–Kier alpha value is -4.35. The van der Waals surface area contributed by atoms with Crippen LogP contribution in [0.4, 0.5) is 16.3 Å². The number of aryl methyl sites for hydroxylation is 1. The van der Waals surface area contributed by atoms with Crippen LogP contribution in [0.15, 0.2) is 77.7 Å². The number of urea groups is 1. The van der Waals surface area contributed by atoms with Crippen LogP contribution in [0.3, 0.4) is 0 Å². The molecule has 254 valence electrons. The maximum atomic E-state index is 13.9. The van der Waals surface area contributed by atoms with Crippen LogP contribution in [0.2, 0.25) is 0 Å². The first kappa shape index (κ1) is 33.5. The van der Waals surface area contributed by atoms with E-state index in [2.05, 4.69) is 31.4 Å². The minimum absolute atomic E-state index is 0.0496. The number of nitrogens with one attached hydrogen (secondary N) is 2. The number of benzene rings is 3. The second-order valence-corrected chi connectivity index (χ2v) is 15.8. The van der Waals surface area contributed by atoms with Gasteiger partial charge in [0.15, 0.2) is 0 Å². The van der Waals surface area contributed by atoms with E-state index in [4.69, 9.17) is 14.6 Å². The highest BCUT2D eigenvalue weighted by atomic mass is 32.2. The lowest BCUT2D eigenvalue weighted by molar-refractivity contribution is 0.189. The lowest BCUT2D eigenvalue weighted by Gasteiger charge is -2.38. The van der Waals surface area contributed by atoms with Crippen LogP contribution in [-0.2, 0) is 21.9 Å². The molecule has 11 heteroatoms. The van der Waals surface area contributed by atoms with E-state index >= 15 is 0 Å². The predicted molar refractivity (Wildman–Crippen MR) is 188 cm³/mol. The number of rotatable bonds is 9. The number of carbonyl (C=O) groups is 1. The number of hydrogen-bond acceptors (Lipinski definition) is 6. The van der Waals surface area contributed by atoms with Crippen LogP contribution >= 0.6 is 0 Å². The lowest BCUT2D eigenvalue weighted by atomic mass is 9.87. The average molecular weight is 672 g/mol. The summed E-state index contributed by atoms with van der Waals surface area (Å²) in [6, 6.07) is 22.3. The number of anilines is 2. The van der Waals surface area contributed by atoms with Crippen LogP contribution in [0, 0.1) is 12.8 Å². The Labute approximate surface area is 283 Å². The largest absolute Gasteiger partial charge is 0.497 e. The number of amides is 2. The van der Waals surface area contributed by atoms with E-state index in [9.17, 15) is 13.2 Å². The number of methoxy groups -OCH3 is 2. The summed E-state index contributed by atoms with van der Waals surface area (Å²) in [5, 5.41) is 10.7. The van der Waals surface area contributed by atoms with E-state index in [1.165, 1.54) is 14.2 Å². The lowest BCUT2D eigenvalue weighted by Crippen LogP contribution is -2.46. The molecule has 4 aromatic rings. The Morgan fingerprint density at radius 1 is 0.896 bits per heavy atom. The molecule has 48 heavy (non-hydrogen) atoms. The first-order valence-corrected chi connectivity index (χ1v) is 17.9. The van der Waals surface area contributed by atoms with E-state index in [0.717, 1.165) is 54.6 Å². The smallest absolute Gasteiger partial charge is 0.324 e. The molecular weight excluding hydrogens is 627 g/mol. The van der Waals surface area contributed by atoms with Gasteiger partial charge in [-0.25, -0.2) is 17.9 Å². The second kappa shape index (κ2) is 13.3. The molecule has 2 fully saturated rings. The van der Waals surface area contributed by atoms with Crippen molar-refractivity contribution < 1.29 is 22.7 Å². The van der Waals surface area contributed by atoms with E-state index in [0.29, 0.717) is 28.9 Å². The molecule has 2 amide bonds. The summed E-state index contributed by atoms with van der Waals surface area (Å²) >= 11 is 0. The van der Waals surface area contributed by atoms with Gasteiger partial charge in [-0.1, -0.05) is 50.6 Å². The van der Waals surface area contributed by atoms with Crippen molar-refractivity contribution in [2.24, 2.45) is 5.92 Å². The molecule has 2 aliphatic rings. The molecule has 2 saturated heterocycles. The number of aromatic nitrogens is 2. The number of piperidine rings is 1. The minimum Gasteiger partial charge on any atom is -0.497 e. The molecule has 10 nitrogen and oxygen atoms in total. The molecule has 3 aromatic carbocycles. The van der Waals surface area contributed by atoms with Gasteiger partial charge in [-0.15, -0.1) is 0 Å². The van der Waals surface area contributed by atoms with E-state index < -0.39 is 10.0 Å². The normalized spacial score (nSPS) is 19.6. The number of nitrogens with zero attached hydrogens (tertiary/aromatic N) is 3. The molecule has 2 unspecified atom stereocenters. The molecular formula is C37H45N5O5S. The zero-order valence-corrected chi connectivity index (χ0v) is 29.3. The minimum atomic E-state index is -3.76. The average Bonchev–Trinajstić information content (AvgIpc) is 3.61. The third-order valence-corrected chi connectivity index (χ3v) is 11.5. The second-order valence-electron chi connectivity index (χ2n) is 14.0. The SMILES string of the molecule is COc1ccc(OC)c(S(=O)(=O)N2C3CCC2CC(Cc2ccc(NC(=O)Nc4cc(C(C)(C)C)nn4-c4ccc(C)cc4)cc2)C3)c1. The molecule has 0 aliphatic carbocycles. The van der Waals surface area contributed by atoms with Crippen molar-refractivity contribution in [1.82, 2.24) is 14.1 Å². The maximum absolute atomic E-state index is 13.9. The molecule has 1 aromatic heterocycles. The molecule has 2 atom stereocenters. The molecule has 0 spiro atoms. The third kappa shape index (κ3) is 6.93. The first-order chi connectivity index (χ1) is 22.8. The summed E-state index contributed by atoms with van der Waals surface area (Å²) in [6.07, 6.45) is 4.15. The highest BCUT2D eigenvalue weighted by Gasteiger charge is 2.47. The van der Waals surface area contributed by atoms with Crippen LogP contribution in [0.5, 0.6) is 11.5 Å². The van der Waals surface area contributed by atoms with Crippen LogP contribution in [0.1, 0.15) is 63.3 Å². The molecule has 2 bridgehead atoms. The van der Waals surface area contributed by atoms with E-state index in [1.807, 2.05) is 61.5 Å². The number of carbonyl (C=O) groups excluding carboxylic acids is 1. The van der Waals surface area contributed by atoms with Crippen molar-refractivity contribution in [1.29, 1.82) is 0 Å². The zero-order chi connectivity index (χ0) is 34.2. The first-order valence-electron chi connectivity index (χ1n) is 16.5.